The molecule has 0 saturated carbocycles. The van der Waals surface area contributed by atoms with Crippen LogP contribution in [0.2, 0.25) is 6.82 Å². The largest absolute Gasteiger partial charge is 0.340 e. The van der Waals surface area contributed by atoms with E-state index in [-0.39, 0.29) is 4.90 Å². The first-order chi connectivity index (χ1) is 16.5. The highest BCUT2D eigenvalue weighted by Crippen LogP contribution is 2.25. The van der Waals surface area contributed by atoms with Gasteiger partial charge in [0.05, 0.1) is 16.3 Å². The van der Waals surface area contributed by atoms with Gasteiger partial charge in [-0.15, -0.1) is 0 Å². The number of nitrogens with zero attached hydrogens (tertiary/aromatic N) is 4. The Balaban J connectivity index is 1.47. The summed E-state index contributed by atoms with van der Waals surface area (Å²) in [5.74, 6) is 0.731. The second-order valence-electron chi connectivity index (χ2n) is 7.64. The fourth-order valence-corrected chi connectivity index (χ4v) is 4.66. The lowest BCUT2D eigenvalue weighted by Gasteiger charge is -2.12. The first kappa shape index (κ1) is 21.7. The van der Waals surface area contributed by atoms with Gasteiger partial charge >= 0.3 is 0 Å². The van der Waals surface area contributed by atoms with Gasteiger partial charge in [-0.3, -0.25) is 9.71 Å². The third kappa shape index (κ3) is 4.35. The predicted octanol–water partition coefficient (Wildman–Crippen LogP) is 3.45. The minimum atomic E-state index is -3.71. The molecule has 0 amide bonds. The van der Waals surface area contributed by atoms with Crippen LogP contribution in [0.1, 0.15) is 0 Å². The molecule has 0 aliphatic carbocycles. The molecular weight excluding hydrogens is 447 g/mol. The molecule has 0 fully saturated rings. The number of rotatable bonds is 7. The van der Waals surface area contributed by atoms with Crippen LogP contribution < -0.4 is 15.5 Å². The quantitative estimate of drug-likeness (QED) is 0.355. The van der Waals surface area contributed by atoms with E-state index in [1.807, 2.05) is 42.6 Å². The van der Waals surface area contributed by atoms with Gasteiger partial charge in [-0.1, -0.05) is 37.2 Å². The molecule has 5 aromatic rings. The van der Waals surface area contributed by atoms with Gasteiger partial charge in [0.15, 0.2) is 12.9 Å². The Hall–Kier alpha value is -4.18. The molecule has 0 bridgehead atoms. The summed E-state index contributed by atoms with van der Waals surface area (Å²) >= 11 is 0. The summed E-state index contributed by atoms with van der Waals surface area (Å²) in [6.07, 6.45) is 4.88. The van der Waals surface area contributed by atoms with Crippen LogP contribution in [0.3, 0.4) is 0 Å². The van der Waals surface area contributed by atoms with E-state index in [9.17, 15) is 8.42 Å². The fraction of sp³-hybridized carbons (Fsp3) is 0.0417. The molecule has 0 radical (unpaired) electrons. The number of fused-ring (bicyclic) bond motifs is 1. The van der Waals surface area contributed by atoms with Crippen LogP contribution in [0, 0.1) is 0 Å². The minimum Gasteiger partial charge on any atom is -0.340 e. The van der Waals surface area contributed by atoms with Gasteiger partial charge in [0, 0.05) is 35.9 Å². The van der Waals surface area contributed by atoms with Crippen molar-refractivity contribution in [1.29, 1.82) is 0 Å². The Morgan fingerprint density at radius 1 is 0.912 bits per heavy atom. The SMILES string of the molecule is CBc1cnn2c(Nc3ccc(S(=O)(=O)Nc4ccncc4)cc3)cc(-c3ccccc3)nc12. The van der Waals surface area contributed by atoms with Crippen LogP contribution in [-0.2, 0) is 10.0 Å². The smallest absolute Gasteiger partial charge is 0.261 e. The molecule has 168 valence electrons. The Bertz CT molecular complexity index is 1540. The van der Waals surface area contributed by atoms with Crippen molar-refractivity contribution in [2.24, 2.45) is 0 Å². The first-order valence-corrected chi connectivity index (χ1v) is 12.2. The van der Waals surface area contributed by atoms with E-state index in [0.717, 1.165) is 41.2 Å². The van der Waals surface area contributed by atoms with Crippen molar-refractivity contribution in [3.05, 3.63) is 91.4 Å². The lowest BCUT2D eigenvalue weighted by atomic mass is 9.75. The van der Waals surface area contributed by atoms with Crippen molar-refractivity contribution in [3.8, 4) is 11.3 Å². The van der Waals surface area contributed by atoms with Crippen LogP contribution in [0.5, 0.6) is 0 Å². The van der Waals surface area contributed by atoms with E-state index < -0.39 is 10.0 Å². The van der Waals surface area contributed by atoms with Crippen molar-refractivity contribution in [1.82, 2.24) is 19.6 Å². The summed E-state index contributed by atoms with van der Waals surface area (Å²) in [6.45, 7) is 2.07. The number of aromatic nitrogens is 4. The van der Waals surface area contributed by atoms with Crippen molar-refractivity contribution in [2.75, 3.05) is 10.0 Å². The Labute approximate surface area is 198 Å². The van der Waals surface area contributed by atoms with E-state index in [0.29, 0.717) is 5.69 Å². The predicted molar refractivity (Wildman–Crippen MR) is 136 cm³/mol. The van der Waals surface area contributed by atoms with Gasteiger partial charge in [-0.2, -0.15) is 9.61 Å². The van der Waals surface area contributed by atoms with Crippen molar-refractivity contribution in [3.63, 3.8) is 0 Å². The minimum absolute atomic E-state index is 0.159. The molecule has 0 saturated heterocycles. The number of sulfonamides is 1. The maximum Gasteiger partial charge on any atom is 0.261 e. The van der Waals surface area contributed by atoms with Crippen molar-refractivity contribution in [2.45, 2.75) is 11.7 Å². The zero-order chi connectivity index (χ0) is 23.5. The first-order valence-electron chi connectivity index (χ1n) is 10.8. The third-order valence-corrected chi connectivity index (χ3v) is 6.76. The molecule has 2 aromatic carbocycles. The number of nitrogens with one attached hydrogen (secondary N) is 2. The third-order valence-electron chi connectivity index (χ3n) is 5.36. The Morgan fingerprint density at radius 2 is 1.65 bits per heavy atom. The maximum atomic E-state index is 12.7. The molecular formula is C24H21BN6O2S. The molecule has 3 heterocycles. The van der Waals surface area contributed by atoms with Gasteiger partial charge in [0.2, 0.25) is 0 Å². The average molecular weight is 468 g/mol. The highest BCUT2D eigenvalue weighted by atomic mass is 32.2. The number of hydrogen-bond acceptors (Lipinski definition) is 6. The molecule has 0 atom stereocenters. The normalized spacial score (nSPS) is 11.3. The van der Waals surface area contributed by atoms with Crippen molar-refractivity contribution >= 4 is 45.6 Å². The van der Waals surface area contributed by atoms with Crippen LogP contribution >= 0.6 is 0 Å². The molecule has 2 N–H and O–H groups in total. The number of hydrogen-bond donors (Lipinski definition) is 2. The van der Waals surface area contributed by atoms with E-state index in [4.69, 9.17) is 4.98 Å². The molecule has 5 rings (SSSR count). The van der Waals surface area contributed by atoms with Crippen LogP contribution in [-0.4, -0.2) is 35.3 Å². The van der Waals surface area contributed by atoms with Crippen molar-refractivity contribution < 1.29 is 8.42 Å². The molecule has 34 heavy (non-hydrogen) atoms. The molecule has 10 heteroatoms. The summed E-state index contributed by atoms with van der Waals surface area (Å²) in [6, 6.07) is 21.6. The Kier molecular flexibility index (Phi) is 5.73. The fourth-order valence-electron chi connectivity index (χ4n) is 3.60. The molecule has 8 nitrogen and oxygen atoms in total. The summed E-state index contributed by atoms with van der Waals surface area (Å²) in [4.78, 5) is 8.89. The highest BCUT2D eigenvalue weighted by Gasteiger charge is 2.15. The number of anilines is 3. The lowest BCUT2D eigenvalue weighted by molar-refractivity contribution is 0.601. The highest BCUT2D eigenvalue weighted by molar-refractivity contribution is 7.92. The summed E-state index contributed by atoms with van der Waals surface area (Å²) < 4.78 is 29.7. The second kappa shape index (κ2) is 8.99. The Morgan fingerprint density at radius 3 is 2.35 bits per heavy atom. The molecule has 0 aliphatic rings. The zero-order valence-electron chi connectivity index (χ0n) is 18.4. The molecule has 0 unspecified atom stereocenters. The van der Waals surface area contributed by atoms with Crippen LogP contribution in [0.15, 0.2) is 96.3 Å². The summed E-state index contributed by atoms with van der Waals surface area (Å²) in [5, 5.41) is 7.86. The zero-order valence-corrected chi connectivity index (χ0v) is 19.2. The van der Waals surface area contributed by atoms with Gasteiger partial charge in [0.1, 0.15) is 5.82 Å². The maximum absolute atomic E-state index is 12.7. The number of benzene rings is 2. The van der Waals surface area contributed by atoms with E-state index in [1.165, 1.54) is 12.4 Å². The van der Waals surface area contributed by atoms with E-state index in [2.05, 4.69) is 26.9 Å². The molecule has 0 spiro atoms. The average Bonchev–Trinajstić information content (AvgIpc) is 3.29. The lowest BCUT2D eigenvalue weighted by Crippen LogP contribution is -2.13. The molecule has 3 aromatic heterocycles. The van der Waals surface area contributed by atoms with Crippen LogP contribution in [0.4, 0.5) is 17.2 Å². The number of pyridine rings is 1. The standard InChI is InChI=1S/C24H21BN6O2S/c1-25-21-16-27-31-23(15-22(29-24(21)31)17-5-3-2-4-6-17)28-18-7-9-20(10-8-18)34(32,33)30-19-11-13-26-14-12-19/h2-16,25,28H,1H3,(H,26,30). The second-order valence-corrected chi connectivity index (χ2v) is 9.32. The van der Waals surface area contributed by atoms with Gasteiger partial charge in [-0.25, -0.2) is 13.4 Å². The topological polar surface area (TPSA) is 101 Å². The molecule has 0 aliphatic heterocycles. The van der Waals surface area contributed by atoms with E-state index in [1.54, 1.807) is 40.9 Å². The monoisotopic (exact) mass is 468 g/mol. The van der Waals surface area contributed by atoms with Gasteiger partial charge < -0.3 is 5.32 Å². The van der Waals surface area contributed by atoms with E-state index >= 15 is 0 Å². The van der Waals surface area contributed by atoms with Crippen LogP contribution in [0.25, 0.3) is 16.9 Å². The van der Waals surface area contributed by atoms with Gasteiger partial charge in [-0.05, 0) is 41.9 Å². The summed E-state index contributed by atoms with van der Waals surface area (Å²) in [7, 11) is -2.90. The van der Waals surface area contributed by atoms with Gasteiger partial charge in [0.25, 0.3) is 10.0 Å². The summed E-state index contributed by atoms with van der Waals surface area (Å²) in [5.41, 5.74) is 4.83.